The Morgan fingerprint density at radius 3 is 1.77 bits per heavy atom. The van der Waals surface area contributed by atoms with E-state index in [1.54, 1.807) is 0 Å². The first-order chi connectivity index (χ1) is 10.6. The minimum absolute atomic E-state index is 0.543. The smallest absolute Gasteiger partial charge is 0.172 e. The van der Waals surface area contributed by atoms with E-state index in [4.69, 9.17) is 11.6 Å². The molecule has 0 aliphatic heterocycles. The van der Waals surface area contributed by atoms with Crippen molar-refractivity contribution in [1.29, 1.82) is 0 Å². The van der Waals surface area contributed by atoms with E-state index in [2.05, 4.69) is 0 Å². The third-order valence-electron chi connectivity index (χ3n) is 3.68. The van der Waals surface area contributed by atoms with Crippen molar-refractivity contribution in [3.63, 3.8) is 0 Å². The summed E-state index contributed by atoms with van der Waals surface area (Å²) in [6.45, 7) is 1.99. The molecule has 22 heavy (non-hydrogen) atoms. The van der Waals surface area contributed by atoms with Gasteiger partial charge in [-0.2, -0.15) is 0 Å². The molecule has 0 amide bonds. The van der Waals surface area contributed by atoms with Crippen molar-refractivity contribution in [2.45, 2.75) is 6.92 Å². The zero-order chi connectivity index (χ0) is 15.6. The highest BCUT2D eigenvalue weighted by atomic mass is 35.5. The summed E-state index contributed by atoms with van der Waals surface area (Å²) in [4.78, 5) is 0. The van der Waals surface area contributed by atoms with Gasteiger partial charge in [-0.05, 0) is 19.1 Å². The van der Waals surface area contributed by atoms with Crippen LogP contribution in [0.3, 0.4) is 0 Å². The standard InChI is InChI=1S/C19H16ClOP/c1-15-12-13-18(20)19(14-15)22(21,16-8-4-2-5-9-16)17-10-6-3-7-11-17/h2-14H,1H3. The third kappa shape index (κ3) is 2.63. The Hall–Kier alpha value is -1.82. The van der Waals surface area contributed by atoms with Gasteiger partial charge in [-0.25, -0.2) is 0 Å². The summed E-state index contributed by atoms with van der Waals surface area (Å²) in [5, 5.41) is 2.84. The van der Waals surface area contributed by atoms with Crippen LogP contribution in [-0.2, 0) is 4.57 Å². The first kappa shape index (κ1) is 15.1. The summed E-state index contributed by atoms with van der Waals surface area (Å²) < 4.78 is 14.1. The quantitative estimate of drug-likeness (QED) is 0.656. The van der Waals surface area contributed by atoms with Gasteiger partial charge >= 0.3 is 0 Å². The van der Waals surface area contributed by atoms with Crippen molar-refractivity contribution in [2.75, 3.05) is 0 Å². The Balaban J connectivity index is 2.34. The largest absolute Gasteiger partial charge is 0.309 e. The fourth-order valence-electron chi connectivity index (χ4n) is 2.57. The lowest BCUT2D eigenvalue weighted by Crippen LogP contribution is -2.25. The molecule has 3 aromatic carbocycles. The average Bonchev–Trinajstić information content (AvgIpc) is 2.58. The monoisotopic (exact) mass is 326 g/mol. The van der Waals surface area contributed by atoms with E-state index in [0.29, 0.717) is 10.3 Å². The normalized spacial score (nSPS) is 11.4. The van der Waals surface area contributed by atoms with Crippen molar-refractivity contribution in [3.05, 3.63) is 89.4 Å². The predicted octanol–water partition coefficient (Wildman–Crippen LogP) is 4.29. The molecule has 0 bridgehead atoms. The van der Waals surface area contributed by atoms with E-state index in [1.165, 1.54) is 0 Å². The summed E-state index contributed by atoms with van der Waals surface area (Å²) >= 11 is 6.41. The summed E-state index contributed by atoms with van der Waals surface area (Å²) in [5.41, 5.74) is 1.05. The third-order valence-corrected chi connectivity index (χ3v) is 7.24. The van der Waals surface area contributed by atoms with Gasteiger partial charge in [-0.3, -0.25) is 0 Å². The van der Waals surface area contributed by atoms with Gasteiger partial charge in [0.15, 0.2) is 7.14 Å². The fourth-order valence-corrected chi connectivity index (χ4v) is 5.84. The molecule has 3 aromatic rings. The molecule has 0 atom stereocenters. The average molecular weight is 327 g/mol. The van der Waals surface area contributed by atoms with Crippen molar-refractivity contribution in [3.8, 4) is 0 Å². The molecule has 0 aromatic heterocycles. The van der Waals surface area contributed by atoms with Crippen LogP contribution in [0.4, 0.5) is 0 Å². The van der Waals surface area contributed by atoms with E-state index < -0.39 is 7.14 Å². The molecule has 3 rings (SSSR count). The minimum Gasteiger partial charge on any atom is -0.309 e. The molecule has 0 saturated carbocycles. The molecule has 0 heterocycles. The number of aryl methyl sites for hydroxylation is 1. The van der Waals surface area contributed by atoms with E-state index in [9.17, 15) is 4.57 Å². The molecule has 0 N–H and O–H groups in total. The zero-order valence-electron chi connectivity index (χ0n) is 12.2. The molecule has 0 aliphatic carbocycles. The molecule has 0 spiro atoms. The minimum atomic E-state index is -2.97. The first-order valence-corrected chi connectivity index (χ1v) is 9.19. The van der Waals surface area contributed by atoms with Crippen LogP contribution in [0.5, 0.6) is 0 Å². The lowest BCUT2D eigenvalue weighted by molar-refractivity contribution is 0.592. The highest BCUT2D eigenvalue weighted by Gasteiger charge is 2.31. The van der Waals surface area contributed by atoms with Gasteiger partial charge in [0.2, 0.25) is 0 Å². The van der Waals surface area contributed by atoms with Crippen LogP contribution in [0.1, 0.15) is 5.56 Å². The Kier molecular flexibility index (Phi) is 4.20. The van der Waals surface area contributed by atoms with E-state index >= 15 is 0 Å². The number of hydrogen-bond donors (Lipinski definition) is 0. The Labute approximate surface area is 136 Å². The molecule has 0 unspecified atom stereocenters. The lowest BCUT2D eigenvalue weighted by atomic mass is 10.2. The lowest BCUT2D eigenvalue weighted by Gasteiger charge is -2.21. The van der Waals surface area contributed by atoms with Gasteiger partial charge < -0.3 is 4.57 Å². The van der Waals surface area contributed by atoms with Crippen LogP contribution in [0.2, 0.25) is 5.02 Å². The topological polar surface area (TPSA) is 17.1 Å². The number of halogens is 1. The maximum absolute atomic E-state index is 14.1. The Morgan fingerprint density at radius 1 is 0.773 bits per heavy atom. The second kappa shape index (κ2) is 6.12. The Morgan fingerprint density at radius 2 is 1.27 bits per heavy atom. The molecular formula is C19H16ClOP. The Bertz CT molecular complexity index is 785. The van der Waals surface area contributed by atoms with Gasteiger partial charge in [0.05, 0.1) is 5.02 Å². The number of benzene rings is 3. The SMILES string of the molecule is Cc1ccc(Cl)c(P(=O)(c2ccccc2)c2ccccc2)c1. The predicted molar refractivity (Wildman–Crippen MR) is 95.6 cm³/mol. The van der Waals surface area contributed by atoms with E-state index in [1.807, 2.05) is 85.8 Å². The van der Waals surface area contributed by atoms with Crippen LogP contribution >= 0.6 is 18.7 Å². The molecule has 0 saturated heterocycles. The van der Waals surface area contributed by atoms with E-state index in [-0.39, 0.29) is 0 Å². The molecule has 0 radical (unpaired) electrons. The van der Waals surface area contributed by atoms with Gasteiger partial charge in [0, 0.05) is 15.9 Å². The first-order valence-electron chi connectivity index (χ1n) is 7.10. The molecule has 0 aliphatic rings. The molecule has 0 fully saturated rings. The zero-order valence-corrected chi connectivity index (χ0v) is 13.9. The van der Waals surface area contributed by atoms with Crippen LogP contribution < -0.4 is 15.9 Å². The molecule has 1 nitrogen and oxygen atoms in total. The van der Waals surface area contributed by atoms with Crippen molar-refractivity contribution >= 4 is 34.7 Å². The summed E-state index contributed by atoms with van der Waals surface area (Å²) in [6, 6.07) is 24.8. The summed E-state index contributed by atoms with van der Waals surface area (Å²) in [6.07, 6.45) is 0. The van der Waals surface area contributed by atoms with Crippen molar-refractivity contribution < 1.29 is 4.57 Å². The van der Waals surface area contributed by atoms with Crippen molar-refractivity contribution in [2.24, 2.45) is 0 Å². The maximum Gasteiger partial charge on any atom is 0.172 e. The van der Waals surface area contributed by atoms with Crippen LogP contribution in [0.15, 0.2) is 78.9 Å². The molecule has 110 valence electrons. The van der Waals surface area contributed by atoms with Crippen LogP contribution in [0.25, 0.3) is 0 Å². The number of hydrogen-bond acceptors (Lipinski definition) is 1. The molecular weight excluding hydrogens is 311 g/mol. The second-order valence-electron chi connectivity index (χ2n) is 5.24. The number of rotatable bonds is 3. The summed E-state index contributed by atoms with van der Waals surface area (Å²) in [7, 11) is -2.97. The van der Waals surface area contributed by atoms with Gasteiger partial charge in [0.1, 0.15) is 0 Å². The highest BCUT2D eigenvalue weighted by molar-refractivity contribution is 7.85. The molecule has 3 heteroatoms. The maximum atomic E-state index is 14.1. The van der Waals surface area contributed by atoms with Crippen LogP contribution in [0, 0.1) is 6.92 Å². The van der Waals surface area contributed by atoms with Crippen LogP contribution in [-0.4, -0.2) is 0 Å². The van der Waals surface area contributed by atoms with E-state index in [0.717, 1.165) is 16.2 Å². The van der Waals surface area contributed by atoms with Gasteiger partial charge in [0.25, 0.3) is 0 Å². The second-order valence-corrected chi connectivity index (χ2v) is 8.38. The van der Waals surface area contributed by atoms with Gasteiger partial charge in [-0.1, -0.05) is 83.9 Å². The van der Waals surface area contributed by atoms with Crippen molar-refractivity contribution in [1.82, 2.24) is 0 Å². The summed E-state index contributed by atoms with van der Waals surface area (Å²) in [5.74, 6) is 0. The fraction of sp³-hybridized carbons (Fsp3) is 0.0526. The van der Waals surface area contributed by atoms with Gasteiger partial charge in [-0.15, -0.1) is 0 Å². The highest BCUT2D eigenvalue weighted by Crippen LogP contribution is 2.44.